The molecule has 0 spiro atoms. The zero-order valence-corrected chi connectivity index (χ0v) is 16.9. The number of hydrogen-bond donors (Lipinski definition) is 2. The molecule has 1 heterocycles. The van der Waals surface area contributed by atoms with E-state index in [0.29, 0.717) is 10.5 Å². The largest absolute Gasteiger partial charge is 0.506 e. The molecule has 1 atom stereocenters. The zero-order chi connectivity index (χ0) is 15.4. The van der Waals surface area contributed by atoms with E-state index in [1.807, 2.05) is 6.07 Å². The molecule has 1 aromatic carbocycles. The summed E-state index contributed by atoms with van der Waals surface area (Å²) in [4.78, 5) is 2.52. The summed E-state index contributed by atoms with van der Waals surface area (Å²) in [6.07, 6.45) is 3.47. The first kappa shape index (κ1) is 17.7. The molecule has 118 valence electrons. The number of rotatable bonds is 5. The predicted molar refractivity (Wildman–Crippen MR) is 97.9 cm³/mol. The van der Waals surface area contributed by atoms with Crippen molar-refractivity contribution in [3.05, 3.63) is 25.0 Å². The van der Waals surface area contributed by atoms with Crippen molar-refractivity contribution in [2.75, 3.05) is 26.2 Å². The van der Waals surface area contributed by atoms with Crippen LogP contribution >= 0.6 is 47.8 Å². The van der Waals surface area contributed by atoms with E-state index in [0.717, 1.165) is 47.1 Å². The minimum Gasteiger partial charge on any atom is -0.506 e. The van der Waals surface area contributed by atoms with Crippen molar-refractivity contribution in [3.8, 4) is 5.75 Å². The van der Waals surface area contributed by atoms with E-state index in [9.17, 15) is 5.11 Å². The van der Waals surface area contributed by atoms with Crippen molar-refractivity contribution in [2.24, 2.45) is 0 Å². The number of phenols is 1. The van der Waals surface area contributed by atoms with Crippen molar-refractivity contribution in [3.63, 3.8) is 0 Å². The Bertz CT molecular complexity index is 490. The zero-order valence-electron chi connectivity index (χ0n) is 12.1. The van der Waals surface area contributed by atoms with Crippen molar-refractivity contribution in [2.45, 2.75) is 32.2 Å². The summed E-state index contributed by atoms with van der Waals surface area (Å²) in [6.45, 7) is 6.37. The number of benzene rings is 1. The summed E-state index contributed by atoms with van der Waals surface area (Å²) in [6, 6.07) is 2.27. The van der Waals surface area contributed by atoms with Gasteiger partial charge in [-0.15, -0.1) is 0 Å². The van der Waals surface area contributed by atoms with Crippen LogP contribution in [-0.2, 0) is 0 Å². The maximum atomic E-state index is 10.2. The molecular weight excluding hydrogens is 464 g/mol. The lowest BCUT2D eigenvalue weighted by Crippen LogP contribution is -2.45. The van der Waals surface area contributed by atoms with Crippen molar-refractivity contribution in [1.29, 1.82) is 0 Å². The van der Waals surface area contributed by atoms with E-state index < -0.39 is 0 Å². The van der Waals surface area contributed by atoms with Gasteiger partial charge >= 0.3 is 0 Å². The highest BCUT2D eigenvalue weighted by molar-refractivity contribution is 9.11. The van der Waals surface area contributed by atoms with Gasteiger partial charge in [0.1, 0.15) is 5.75 Å². The summed E-state index contributed by atoms with van der Waals surface area (Å²) < 4.78 is 2.54. The number of unbranched alkanes of at least 4 members (excludes halogenated alkanes) is 1. The Kier molecular flexibility index (Phi) is 7.00. The van der Waals surface area contributed by atoms with Crippen LogP contribution in [0.1, 0.15) is 37.8 Å². The van der Waals surface area contributed by atoms with Gasteiger partial charge in [0.25, 0.3) is 0 Å². The van der Waals surface area contributed by atoms with Crippen molar-refractivity contribution < 1.29 is 5.11 Å². The fourth-order valence-corrected chi connectivity index (χ4v) is 5.45. The molecule has 0 aliphatic carbocycles. The van der Waals surface area contributed by atoms with Crippen molar-refractivity contribution >= 4 is 47.8 Å². The highest BCUT2D eigenvalue weighted by atomic mass is 79.9. The molecular formula is C15H21Br3N2O. The topological polar surface area (TPSA) is 35.5 Å². The first-order valence-electron chi connectivity index (χ1n) is 7.37. The number of halogens is 3. The second kappa shape index (κ2) is 8.29. The number of phenolic OH excluding ortho intramolecular Hbond substituents is 1. The van der Waals surface area contributed by atoms with Gasteiger partial charge in [-0.25, -0.2) is 0 Å². The van der Waals surface area contributed by atoms with Crippen LogP contribution in [0.5, 0.6) is 5.75 Å². The first-order chi connectivity index (χ1) is 10.1. The third-order valence-electron chi connectivity index (χ3n) is 3.94. The van der Waals surface area contributed by atoms with Gasteiger partial charge in [-0.3, -0.25) is 4.90 Å². The van der Waals surface area contributed by atoms with Crippen LogP contribution in [-0.4, -0.2) is 36.2 Å². The Morgan fingerprint density at radius 2 is 1.90 bits per heavy atom. The van der Waals surface area contributed by atoms with Gasteiger partial charge in [0.2, 0.25) is 0 Å². The predicted octanol–water partition coefficient (Wildman–Crippen LogP) is 4.82. The quantitative estimate of drug-likeness (QED) is 0.629. The second-order valence-corrected chi connectivity index (χ2v) is 7.86. The van der Waals surface area contributed by atoms with Crippen molar-refractivity contribution in [1.82, 2.24) is 10.2 Å². The fourth-order valence-electron chi connectivity index (χ4n) is 2.80. The Morgan fingerprint density at radius 1 is 1.24 bits per heavy atom. The third kappa shape index (κ3) is 4.22. The average Bonchev–Trinajstić information content (AvgIpc) is 2.49. The van der Waals surface area contributed by atoms with Crippen LogP contribution < -0.4 is 5.32 Å². The molecule has 1 saturated heterocycles. The second-order valence-electron chi connectivity index (χ2n) is 5.36. The van der Waals surface area contributed by atoms with Crippen LogP contribution in [0.2, 0.25) is 0 Å². The van der Waals surface area contributed by atoms with Gasteiger partial charge in [0.15, 0.2) is 0 Å². The van der Waals surface area contributed by atoms with Gasteiger partial charge in [-0.05, 0) is 44.3 Å². The van der Waals surface area contributed by atoms with Gasteiger partial charge in [-0.2, -0.15) is 0 Å². The Morgan fingerprint density at radius 3 is 2.52 bits per heavy atom. The summed E-state index contributed by atoms with van der Waals surface area (Å²) in [5.41, 5.74) is 1.16. The molecule has 0 bridgehead atoms. The number of nitrogens with one attached hydrogen (secondary N) is 1. The Labute approximate surface area is 151 Å². The fraction of sp³-hybridized carbons (Fsp3) is 0.600. The van der Waals surface area contributed by atoms with Crippen LogP contribution in [0.15, 0.2) is 19.5 Å². The average molecular weight is 485 g/mol. The van der Waals surface area contributed by atoms with Gasteiger partial charge in [-0.1, -0.05) is 35.7 Å². The number of aromatic hydroxyl groups is 1. The SMILES string of the molecule is CCCC[C@H](c1c(Br)cc(Br)c(O)c1Br)N1CCNCC1. The first-order valence-corrected chi connectivity index (χ1v) is 9.75. The molecule has 0 radical (unpaired) electrons. The number of nitrogens with zero attached hydrogens (tertiary/aromatic N) is 1. The minimum atomic E-state index is 0.282. The van der Waals surface area contributed by atoms with E-state index >= 15 is 0 Å². The van der Waals surface area contributed by atoms with E-state index in [1.165, 1.54) is 12.8 Å². The maximum absolute atomic E-state index is 10.2. The lowest BCUT2D eigenvalue weighted by Gasteiger charge is -2.36. The molecule has 2 N–H and O–H groups in total. The molecule has 2 rings (SSSR count). The summed E-state index contributed by atoms with van der Waals surface area (Å²) in [5, 5.41) is 13.6. The standard InChI is InChI=1S/C15H21Br3N2O/c1-2-3-4-12(20-7-5-19-6-8-20)13-10(16)9-11(17)15(21)14(13)18/h9,12,19,21H,2-8H2,1H3/t12-/m1/s1. The molecule has 0 amide bonds. The Hall–Kier alpha value is 0.380. The molecule has 1 fully saturated rings. The lowest BCUT2D eigenvalue weighted by molar-refractivity contribution is 0.162. The molecule has 6 heteroatoms. The molecule has 3 nitrogen and oxygen atoms in total. The van der Waals surface area contributed by atoms with E-state index in [-0.39, 0.29) is 5.75 Å². The maximum Gasteiger partial charge on any atom is 0.144 e. The third-order valence-corrected chi connectivity index (χ3v) is 6.00. The number of piperazine rings is 1. The highest BCUT2D eigenvalue weighted by Crippen LogP contribution is 2.44. The Balaban J connectivity index is 2.38. The lowest BCUT2D eigenvalue weighted by atomic mass is 9.98. The van der Waals surface area contributed by atoms with Crippen LogP contribution in [0, 0.1) is 0 Å². The molecule has 21 heavy (non-hydrogen) atoms. The summed E-state index contributed by atoms with van der Waals surface area (Å²) >= 11 is 10.7. The smallest absolute Gasteiger partial charge is 0.144 e. The molecule has 0 saturated carbocycles. The molecule has 0 unspecified atom stereocenters. The molecule has 0 aromatic heterocycles. The van der Waals surface area contributed by atoms with E-state index in [1.54, 1.807) is 0 Å². The molecule has 1 aliphatic heterocycles. The van der Waals surface area contributed by atoms with Crippen LogP contribution in [0.25, 0.3) is 0 Å². The number of hydrogen-bond acceptors (Lipinski definition) is 3. The van der Waals surface area contributed by atoms with E-state index in [2.05, 4.69) is 64.9 Å². The minimum absolute atomic E-state index is 0.282. The highest BCUT2D eigenvalue weighted by Gasteiger charge is 2.27. The van der Waals surface area contributed by atoms with Gasteiger partial charge in [0.05, 0.1) is 8.95 Å². The monoisotopic (exact) mass is 482 g/mol. The van der Waals surface area contributed by atoms with Crippen LogP contribution in [0.3, 0.4) is 0 Å². The normalized spacial score (nSPS) is 17.9. The summed E-state index contributed by atoms with van der Waals surface area (Å²) in [7, 11) is 0. The molecule has 1 aromatic rings. The molecule has 1 aliphatic rings. The summed E-state index contributed by atoms with van der Waals surface area (Å²) in [5.74, 6) is 0.282. The van der Waals surface area contributed by atoms with E-state index in [4.69, 9.17) is 0 Å². The van der Waals surface area contributed by atoms with Gasteiger partial charge in [0, 0.05) is 42.3 Å². The van der Waals surface area contributed by atoms with Crippen LogP contribution in [0.4, 0.5) is 0 Å². The van der Waals surface area contributed by atoms with Gasteiger partial charge < -0.3 is 10.4 Å².